The Balaban J connectivity index is 2.01. The number of fused-ring (bicyclic) bond motifs is 1. The number of nitrogens with zero attached hydrogens (tertiary/aromatic N) is 4. The van der Waals surface area contributed by atoms with E-state index < -0.39 is 17.1 Å². The van der Waals surface area contributed by atoms with Crippen LogP contribution in [0.15, 0.2) is 64.0 Å². The van der Waals surface area contributed by atoms with Gasteiger partial charge in [0.2, 0.25) is 0 Å². The lowest BCUT2D eigenvalue weighted by Gasteiger charge is -2.29. The van der Waals surface area contributed by atoms with Crippen LogP contribution in [0.3, 0.4) is 0 Å². The largest absolute Gasteiger partial charge is 0.337 e. The lowest BCUT2D eigenvalue weighted by atomic mass is 10.0. The molecule has 1 aromatic heterocycles. The first-order valence-corrected chi connectivity index (χ1v) is 8.52. The van der Waals surface area contributed by atoms with Crippen LogP contribution < -0.4 is 17.1 Å². The number of hydrogen-bond acceptors (Lipinski definition) is 4. The average Bonchev–Trinajstić information content (AvgIpc) is 2.66. The second kappa shape index (κ2) is 7.53. The first-order chi connectivity index (χ1) is 12.6. The van der Waals surface area contributed by atoms with E-state index in [9.17, 15) is 14.4 Å². The normalized spacial score (nSPS) is 14.0. The SMILES string of the molecule is C=CCn1c(=O)n(CC=C)c(=O)n(CN2CCc3ccccc3C2)c1=O. The molecule has 136 valence electrons. The number of hydrogen-bond donors (Lipinski definition) is 0. The van der Waals surface area contributed by atoms with Crippen LogP contribution in [0, 0.1) is 0 Å². The number of benzene rings is 1. The third kappa shape index (κ3) is 3.25. The summed E-state index contributed by atoms with van der Waals surface area (Å²) in [6.45, 7) is 8.81. The summed E-state index contributed by atoms with van der Waals surface area (Å²) in [5, 5.41) is 0. The summed E-state index contributed by atoms with van der Waals surface area (Å²) in [6, 6.07) is 8.15. The molecule has 2 aromatic rings. The van der Waals surface area contributed by atoms with Gasteiger partial charge in [-0.25, -0.2) is 28.1 Å². The number of allylic oxidation sites excluding steroid dienone is 2. The fraction of sp³-hybridized carbons (Fsp3) is 0.316. The Bertz CT molecular complexity index is 964. The van der Waals surface area contributed by atoms with E-state index in [-0.39, 0.29) is 19.8 Å². The van der Waals surface area contributed by atoms with Gasteiger partial charge in [-0.15, -0.1) is 13.2 Å². The highest BCUT2D eigenvalue weighted by Crippen LogP contribution is 2.18. The molecule has 1 aliphatic rings. The van der Waals surface area contributed by atoms with Gasteiger partial charge in [-0.05, 0) is 17.5 Å². The second-order valence-electron chi connectivity index (χ2n) is 6.29. The van der Waals surface area contributed by atoms with Crippen LogP contribution in [0.2, 0.25) is 0 Å². The van der Waals surface area contributed by atoms with Gasteiger partial charge in [-0.1, -0.05) is 36.4 Å². The number of aromatic nitrogens is 3. The molecule has 1 aromatic carbocycles. The zero-order valence-corrected chi connectivity index (χ0v) is 14.6. The van der Waals surface area contributed by atoms with Crippen LogP contribution in [-0.2, 0) is 32.7 Å². The zero-order chi connectivity index (χ0) is 18.7. The second-order valence-corrected chi connectivity index (χ2v) is 6.29. The predicted molar refractivity (Wildman–Crippen MR) is 100 cm³/mol. The summed E-state index contributed by atoms with van der Waals surface area (Å²) in [5.74, 6) is 0. The van der Waals surface area contributed by atoms with Gasteiger partial charge in [-0.2, -0.15) is 0 Å². The third-order valence-electron chi connectivity index (χ3n) is 4.56. The topological polar surface area (TPSA) is 69.2 Å². The average molecular weight is 354 g/mol. The van der Waals surface area contributed by atoms with E-state index in [4.69, 9.17) is 0 Å². The Kier molecular flexibility index (Phi) is 5.18. The molecule has 26 heavy (non-hydrogen) atoms. The monoisotopic (exact) mass is 354 g/mol. The van der Waals surface area contributed by atoms with Gasteiger partial charge in [0, 0.05) is 13.1 Å². The van der Waals surface area contributed by atoms with Crippen LogP contribution in [0.5, 0.6) is 0 Å². The summed E-state index contributed by atoms with van der Waals surface area (Å²) in [7, 11) is 0. The quantitative estimate of drug-likeness (QED) is 0.711. The van der Waals surface area contributed by atoms with E-state index >= 15 is 0 Å². The molecule has 0 amide bonds. The van der Waals surface area contributed by atoms with Gasteiger partial charge in [-0.3, -0.25) is 4.90 Å². The highest BCUT2D eigenvalue weighted by atomic mass is 16.2. The van der Waals surface area contributed by atoms with Crippen molar-refractivity contribution in [3.63, 3.8) is 0 Å². The van der Waals surface area contributed by atoms with Crippen molar-refractivity contribution in [1.29, 1.82) is 0 Å². The Morgan fingerprint density at radius 1 is 0.846 bits per heavy atom. The van der Waals surface area contributed by atoms with E-state index in [0.29, 0.717) is 6.54 Å². The highest BCUT2D eigenvalue weighted by Gasteiger charge is 2.20. The fourth-order valence-corrected chi connectivity index (χ4v) is 3.25. The van der Waals surface area contributed by atoms with E-state index in [2.05, 4.69) is 25.3 Å². The lowest BCUT2D eigenvalue weighted by Crippen LogP contribution is -2.56. The van der Waals surface area contributed by atoms with Crippen LogP contribution in [-0.4, -0.2) is 25.1 Å². The van der Waals surface area contributed by atoms with Crippen LogP contribution in [0.1, 0.15) is 11.1 Å². The molecule has 0 unspecified atom stereocenters. The summed E-state index contributed by atoms with van der Waals surface area (Å²) >= 11 is 0. The van der Waals surface area contributed by atoms with Crippen molar-refractivity contribution >= 4 is 0 Å². The molecule has 0 aliphatic carbocycles. The number of rotatable bonds is 6. The molecule has 0 saturated heterocycles. The van der Waals surface area contributed by atoms with Crippen molar-refractivity contribution in [2.75, 3.05) is 6.54 Å². The molecule has 0 N–H and O–H groups in total. The third-order valence-corrected chi connectivity index (χ3v) is 4.56. The van der Waals surface area contributed by atoms with Crippen LogP contribution in [0.4, 0.5) is 0 Å². The van der Waals surface area contributed by atoms with E-state index in [1.54, 1.807) is 0 Å². The van der Waals surface area contributed by atoms with Crippen LogP contribution in [0.25, 0.3) is 0 Å². The fourth-order valence-electron chi connectivity index (χ4n) is 3.25. The summed E-state index contributed by atoms with van der Waals surface area (Å²) in [4.78, 5) is 39.8. The first-order valence-electron chi connectivity index (χ1n) is 8.52. The molecular weight excluding hydrogens is 332 g/mol. The Labute approximate surface area is 150 Å². The molecule has 3 rings (SSSR count). The minimum Gasteiger partial charge on any atom is -0.281 e. The molecule has 1 aliphatic heterocycles. The molecule has 7 heteroatoms. The summed E-state index contributed by atoms with van der Waals surface area (Å²) in [5.41, 5.74) is 0.618. The van der Waals surface area contributed by atoms with Crippen molar-refractivity contribution < 1.29 is 0 Å². The summed E-state index contributed by atoms with van der Waals surface area (Å²) in [6.07, 6.45) is 3.79. The molecule has 0 bridgehead atoms. The summed E-state index contributed by atoms with van der Waals surface area (Å²) < 4.78 is 3.16. The maximum Gasteiger partial charge on any atom is 0.337 e. The first kappa shape index (κ1) is 17.9. The van der Waals surface area contributed by atoms with Gasteiger partial charge in [0.1, 0.15) is 0 Å². The van der Waals surface area contributed by atoms with Gasteiger partial charge in [0.05, 0.1) is 19.8 Å². The van der Waals surface area contributed by atoms with Gasteiger partial charge in [0.15, 0.2) is 0 Å². The smallest absolute Gasteiger partial charge is 0.281 e. The molecule has 7 nitrogen and oxygen atoms in total. The van der Waals surface area contributed by atoms with E-state index in [0.717, 1.165) is 26.7 Å². The van der Waals surface area contributed by atoms with Gasteiger partial charge < -0.3 is 0 Å². The Morgan fingerprint density at radius 2 is 1.38 bits per heavy atom. The predicted octanol–water partition coefficient (Wildman–Crippen LogP) is 0.559. The molecule has 0 fully saturated rings. The highest BCUT2D eigenvalue weighted by molar-refractivity contribution is 5.28. The molecule has 0 spiro atoms. The molecule has 2 heterocycles. The molecular formula is C19H22N4O3. The Hall–Kier alpha value is -2.93. The Morgan fingerprint density at radius 3 is 1.96 bits per heavy atom. The lowest BCUT2D eigenvalue weighted by molar-refractivity contribution is 0.186. The van der Waals surface area contributed by atoms with Crippen molar-refractivity contribution in [2.24, 2.45) is 0 Å². The van der Waals surface area contributed by atoms with Gasteiger partial charge in [0.25, 0.3) is 0 Å². The maximum atomic E-state index is 12.7. The van der Waals surface area contributed by atoms with Crippen molar-refractivity contribution in [2.45, 2.75) is 32.7 Å². The van der Waals surface area contributed by atoms with Crippen LogP contribution >= 0.6 is 0 Å². The van der Waals surface area contributed by atoms with Crippen molar-refractivity contribution in [3.8, 4) is 0 Å². The van der Waals surface area contributed by atoms with Crippen molar-refractivity contribution in [3.05, 3.63) is 92.2 Å². The zero-order valence-electron chi connectivity index (χ0n) is 14.6. The maximum absolute atomic E-state index is 12.7. The minimum absolute atomic E-state index is 0.0535. The molecule has 0 radical (unpaired) electrons. The van der Waals surface area contributed by atoms with Crippen molar-refractivity contribution in [1.82, 2.24) is 18.6 Å². The standard InChI is InChI=1S/C19H22N4O3/c1-3-10-21-17(24)22(11-4-2)19(26)23(18(21)25)14-20-12-9-15-7-5-6-8-16(15)13-20/h3-8H,1-2,9-14H2. The van der Waals surface area contributed by atoms with E-state index in [1.807, 2.05) is 17.0 Å². The molecule has 0 saturated carbocycles. The van der Waals surface area contributed by atoms with Gasteiger partial charge >= 0.3 is 17.1 Å². The minimum atomic E-state index is -0.639. The van der Waals surface area contributed by atoms with E-state index in [1.165, 1.54) is 23.3 Å². The molecule has 0 atom stereocenters.